The first-order chi connectivity index (χ1) is 14.7. The Balaban J connectivity index is 1.30. The smallest absolute Gasteiger partial charge is 0.227 e. The summed E-state index contributed by atoms with van der Waals surface area (Å²) in [6.07, 6.45) is 7.21. The fourth-order valence-electron chi connectivity index (χ4n) is 4.27. The van der Waals surface area contributed by atoms with Gasteiger partial charge in [0.15, 0.2) is 11.5 Å². The average molecular weight is 411 g/mol. The minimum Gasteiger partial charge on any atom is -0.490 e. The Morgan fingerprint density at radius 3 is 2.50 bits per heavy atom. The fourth-order valence-corrected chi connectivity index (χ4v) is 4.27. The van der Waals surface area contributed by atoms with Gasteiger partial charge in [-0.15, -0.1) is 0 Å². The lowest BCUT2D eigenvalue weighted by Gasteiger charge is -2.37. The summed E-state index contributed by atoms with van der Waals surface area (Å²) in [7, 11) is 0. The highest BCUT2D eigenvalue weighted by Gasteiger charge is 2.32. The van der Waals surface area contributed by atoms with Gasteiger partial charge in [-0.05, 0) is 38.0 Å². The number of para-hydroxylation sites is 2. The number of benzene rings is 1. The highest BCUT2D eigenvalue weighted by Crippen LogP contribution is 2.30. The number of hydrogen-bond acceptors (Lipinski definition) is 6. The molecule has 7 nitrogen and oxygen atoms in total. The highest BCUT2D eigenvalue weighted by molar-refractivity contribution is 5.79. The van der Waals surface area contributed by atoms with E-state index in [2.05, 4.69) is 14.9 Å². The zero-order valence-electron chi connectivity index (χ0n) is 17.6. The van der Waals surface area contributed by atoms with Crippen molar-refractivity contribution in [1.82, 2.24) is 14.9 Å². The van der Waals surface area contributed by atoms with Gasteiger partial charge >= 0.3 is 0 Å². The number of aromatic nitrogens is 2. The van der Waals surface area contributed by atoms with Crippen LogP contribution in [0.1, 0.15) is 32.6 Å². The van der Waals surface area contributed by atoms with Crippen molar-refractivity contribution >= 4 is 11.9 Å². The summed E-state index contributed by atoms with van der Waals surface area (Å²) >= 11 is 0. The van der Waals surface area contributed by atoms with Crippen molar-refractivity contribution in [2.45, 2.75) is 38.7 Å². The van der Waals surface area contributed by atoms with Crippen LogP contribution in [0.15, 0.2) is 42.7 Å². The van der Waals surface area contributed by atoms with E-state index >= 15 is 0 Å². The van der Waals surface area contributed by atoms with E-state index in [-0.39, 0.29) is 17.9 Å². The Hall–Kier alpha value is -2.83. The Labute approximate surface area is 178 Å². The molecule has 2 fully saturated rings. The summed E-state index contributed by atoms with van der Waals surface area (Å²) in [6, 6.07) is 9.61. The summed E-state index contributed by atoms with van der Waals surface area (Å²) in [5.41, 5.74) is 0. The molecule has 3 heterocycles. The molecule has 2 aliphatic heterocycles. The predicted octanol–water partition coefficient (Wildman–Crippen LogP) is 3.16. The molecule has 1 aromatic heterocycles. The van der Waals surface area contributed by atoms with E-state index < -0.39 is 0 Å². The molecular formula is C23H30N4O3. The van der Waals surface area contributed by atoms with Crippen molar-refractivity contribution in [2.75, 3.05) is 37.7 Å². The minimum absolute atomic E-state index is 0.0127. The van der Waals surface area contributed by atoms with Gasteiger partial charge in [-0.2, -0.15) is 0 Å². The third-order valence-electron chi connectivity index (χ3n) is 5.80. The largest absolute Gasteiger partial charge is 0.490 e. The van der Waals surface area contributed by atoms with Crippen LogP contribution >= 0.6 is 0 Å². The summed E-state index contributed by atoms with van der Waals surface area (Å²) in [5, 5.41) is 0. The van der Waals surface area contributed by atoms with Gasteiger partial charge in [0.1, 0.15) is 6.10 Å². The average Bonchev–Trinajstić information content (AvgIpc) is 2.81. The van der Waals surface area contributed by atoms with E-state index in [1.807, 2.05) is 42.2 Å². The standard InChI is InChI=1S/C23H30N4O3/c1-2-29-20-8-3-4-9-21(20)30-19-10-15-26(16-11-19)22(28)18-7-5-14-27(17-18)23-24-12-6-13-25-23/h3-4,6,8-9,12-13,18-19H,2,5,7,10-11,14-17H2,1H3. The molecule has 4 rings (SSSR count). The quantitative estimate of drug-likeness (QED) is 0.729. The molecular weight excluding hydrogens is 380 g/mol. The second-order valence-electron chi connectivity index (χ2n) is 7.86. The molecule has 7 heteroatoms. The van der Waals surface area contributed by atoms with Gasteiger partial charge in [-0.3, -0.25) is 4.79 Å². The topological polar surface area (TPSA) is 67.8 Å². The first-order valence-corrected chi connectivity index (χ1v) is 10.9. The first kappa shape index (κ1) is 20.4. The zero-order chi connectivity index (χ0) is 20.8. The number of amides is 1. The molecule has 1 amide bonds. The summed E-state index contributed by atoms with van der Waals surface area (Å²) in [4.78, 5) is 26.0. The van der Waals surface area contributed by atoms with Gasteiger partial charge < -0.3 is 19.3 Å². The lowest BCUT2D eigenvalue weighted by atomic mass is 9.95. The van der Waals surface area contributed by atoms with Crippen LogP contribution in [0.2, 0.25) is 0 Å². The third-order valence-corrected chi connectivity index (χ3v) is 5.80. The highest BCUT2D eigenvalue weighted by atomic mass is 16.5. The Bertz CT molecular complexity index is 824. The molecule has 160 valence electrons. The number of piperidine rings is 2. The lowest BCUT2D eigenvalue weighted by molar-refractivity contribution is -0.137. The van der Waals surface area contributed by atoms with E-state index in [9.17, 15) is 4.79 Å². The van der Waals surface area contributed by atoms with Crippen LogP contribution < -0.4 is 14.4 Å². The van der Waals surface area contributed by atoms with E-state index in [1.165, 1.54) is 0 Å². The molecule has 1 unspecified atom stereocenters. The first-order valence-electron chi connectivity index (χ1n) is 10.9. The summed E-state index contributed by atoms with van der Waals surface area (Å²) in [5.74, 6) is 2.55. The van der Waals surface area contributed by atoms with Crippen molar-refractivity contribution in [2.24, 2.45) is 5.92 Å². The minimum atomic E-state index is 0.0127. The summed E-state index contributed by atoms with van der Waals surface area (Å²) < 4.78 is 11.9. The predicted molar refractivity (Wildman–Crippen MR) is 115 cm³/mol. The van der Waals surface area contributed by atoms with E-state index in [0.717, 1.165) is 62.8 Å². The number of nitrogens with zero attached hydrogens (tertiary/aromatic N) is 4. The Morgan fingerprint density at radius 1 is 1.03 bits per heavy atom. The second-order valence-corrected chi connectivity index (χ2v) is 7.86. The lowest BCUT2D eigenvalue weighted by Crippen LogP contribution is -2.48. The number of ether oxygens (including phenoxy) is 2. The number of rotatable bonds is 6. The van der Waals surface area contributed by atoms with Crippen LogP contribution in [-0.4, -0.2) is 59.7 Å². The van der Waals surface area contributed by atoms with Crippen molar-refractivity contribution in [3.63, 3.8) is 0 Å². The maximum atomic E-state index is 13.1. The SMILES string of the molecule is CCOc1ccccc1OC1CCN(C(=O)C2CCCN(c3ncccn3)C2)CC1. The second kappa shape index (κ2) is 9.78. The molecule has 0 radical (unpaired) electrons. The van der Waals surface area contributed by atoms with Crippen LogP contribution in [0.25, 0.3) is 0 Å². The number of likely N-dealkylation sites (tertiary alicyclic amines) is 1. The molecule has 2 saturated heterocycles. The van der Waals surface area contributed by atoms with E-state index in [4.69, 9.17) is 9.47 Å². The number of carbonyl (C=O) groups excluding carboxylic acids is 1. The van der Waals surface area contributed by atoms with Gasteiger partial charge in [0.2, 0.25) is 11.9 Å². The Morgan fingerprint density at radius 2 is 1.77 bits per heavy atom. The maximum Gasteiger partial charge on any atom is 0.227 e. The molecule has 1 aromatic carbocycles. The monoisotopic (exact) mass is 410 g/mol. The molecule has 0 aliphatic carbocycles. The van der Waals surface area contributed by atoms with E-state index in [1.54, 1.807) is 12.4 Å². The molecule has 1 atom stereocenters. The zero-order valence-corrected chi connectivity index (χ0v) is 17.6. The molecule has 2 aromatic rings. The molecule has 0 spiro atoms. The normalized spacial score (nSPS) is 20.1. The van der Waals surface area contributed by atoms with Gasteiger partial charge in [-0.1, -0.05) is 12.1 Å². The van der Waals surface area contributed by atoms with E-state index in [0.29, 0.717) is 13.2 Å². The van der Waals surface area contributed by atoms with Gasteiger partial charge in [-0.25, -0.2) is 9.97 Å². The van der Waals surface area contributed by atoms with Crippen LogP contribution in [0.5, 0.6) is 11.5 Å². The maximum absolute atomic E-state index is 13.1. The Kier molecular flexibility index (Phi) is 6.67. The van der Waals surface area contributed by atoms with Crippen molar-refractivity contribution in [1.29, 1.82) is 0 Å². The van der Waals surface area contributed by atoms with Crippen LogP contribution in [0, 0.1) is 5.92 Å². The number of carbonyl (C=O) groups is 1. The van der Waals surface area contributed by atoms with Crippen LogP contribution in [-0.2, 0) is 4.79 Å². The van der Waals surface area contributed by atoms with Gasteiger partial charge in [0.25, 0.3) is 0 Å². The van der Waals surface area contributed by atoms with Crippen molar-refractivity contribution in [3.8, 4) is 11.5 Å². The van der Waals surface area contributed by atoms with Crippen molar-refractivity contribution in [3.05, 3.63) is 42.7 Å². The molecule has 2 aliphatic rings. The van der Waals surface area contributed by atoms with Gasteiger partial charge in [0, 0.05) is 51.4 Å². The molecule has 0 N–H and O–H groups in total. The number of hydrogen-bond donors (Lipinski definition) is 0. The summed E-state index contributed by atoms with van der Waals surface area (Å²) in [6.45, 7) is 5.65. The fraction of sp³-hybridized carbons (Fsp3) is 0.522. The molecule has 0 bridgehead atoms. The van der Waals surface area contributed by atoms with Crippen LogP contribution in [0.3, 0.4) is 0 Å². The van der Waals surface area contributed by atoms with Crippen molar-refractivity contribution < 1.29 is 14.3 Å². The number of anilines is 1. The molecule has 0 saturated carbocycles. The van der Waals surface area contributed by atoms with Gasteiger partial charge in [0.05, 0.1) is 12.5 Å². The molecule has 30 heavy (non-hydrogen) atoms. The van der Waals surface area contributed by atoms with Crippen LogP contribution in [0.4, 0.5) is 5.95 Å². The third kappa shape index (κ3) is 4.83.